The molecular weight excluding hydrogens is 427 g/mol. The third kappa shape index (κ3) is 4.18. The van der Waals surface area contributed by atoms with Crippen molar-refractivity contribution in [1.29, 1.82) is 0 Å². The lowest BCUT2D eigenvalue weighted by Gasteiger charge is -2.31. The van der Waals surface area contributed by atoms with E-state index in [-0.39, 0.29) is 42.3 Å². The Balaban J connectivity index is 1.16. The second-order valence-electron chi connectivity index (χ2n) is 8.46. The van der Waals surface area contributed by atoms with E-state index in [0.29, 0.717) is 29.9 Å². The van der Waals surface area contributed by atoms with Gasteiger partial charge in [-0.1, -0.05) is 17.3 Å². The number of rotatable bonds is 4. The first kappa shape index (κ1) is 21.1. The molecule has 8 nitrogen and oxygen atoms in total. The van der Waals surface area contributed by atoms with Crippen LogP contribution in [0, 0.1) is 5.82 Å². The van der Waals surface area contributed by atoms with Crippen molar-refractivity contribution in [3.63, 3.8) is 0 Å². The molecule has 3 heterocycles. The highest BCUT2D eigenvalue weighted by atomic mass is 19.1. The summed E-state index contributed by atoms with van der Waals surface area (Å²) in [5.41, 5.74) is 2.10. The number of aromatic nitrogens is 1. The Labute approximate surface area is 189 Å². The molecule has 0 bridgehead atoms. The molecule has 2 N–H and O–H groups in total. The summed E-state index contributed by atoms with van der Waals surface area (Å²) in [6, 6.07) is 10.4. The predicted octanol–water partition coefficient (Wildman–Crippen LogP) is 3.20. The van der Waals surface area contributed by atoms with Gasteiger partial charge in [0.1, 0.15) is 11.9 Å². The zero-order valence-electron chi connectivity index (χ0n) is 17.8. The number of nitrogens with one attached hydrogen (secondary N) is 2. The maximum absolute atomic E-state index is 13.4. The monoisotopic (exact) mass is 450 g/mol. The highest BCUT2D eigenvalue weighted by molar-refractivity contribution is 6.09. The van der Waals surface area contributed by atoms with Crippen LogP contribution in [0.1, 0.15) is 47.7 Å². The smallest absolute Gasteiger partial charge is 0.254 e. The van der Waals surface area contributed by atoms with Crippen LogP contribution in [-0.2, 0) is 9.59 Å². The van der Waals surface area contributed by atoms with Crippen molar-refractivity contribution in [1.82, 2.24) is 15.4 Å². The van der Waals surface area contributed by atoms with Gasteiger partial charge >= 0.3 is 0 Å². The van der Waals surface area contributed by atoms with Gasteiger partial charge in [0.2, 0.25) is 11.8 Å². The Morgan fingerprint density at radius 1 is 1.15 bits per heavy atom. The fourth-order valence-electron chi connectivity index (χ4n) is 4.57. The molecule has 2 aliphatic heterocycles. The van der Waals surface area contributed by atoms with E-state index in [1.807, 2.05) is 0 Å². The fraction of sp³-hybridized carbons (Fsp3) is 0.333. The largest absolute Gasteiger partial charge is 0.356 e. The van der Waals surface area contributed by atoms with Crippen molar-refractivity contribution in [2.24, 2.45) is 0 Å². The molecule has 33 heavy (non-hydrogen) atoms. The molecule has 1 aromatic heterocycles. The van der Waals surface area contributed by atoms with Crippen molar-refractivity contribution >= 4 is 34.4 Å². The summed E-state index contributed by atoms with van der Waals surface area (Å²) in [7, 11) is 0. The minimum Gasteiger partial charge on any atom is -0.356 e. The van der Waals surface area contributed by atoms with E-state index in [4.69, 9.17) is 4.52 Å². The van der Waals surface area contributed by atoms with Gasteiger partial charge in [0.25, 0.3) is 5.91 Å². The first-order chi connectivity index (χ1) is 16.0. The Morgan fingerprint density at radius 2 is 1.94 bits per heavy atom. The van der Waals surface area contributed by atoms with Crippen LogP contribution in [0.4, 0.5) is 10.1 Å². The average Bonchev–Trinajstić information content (AvgIpc) is 3.19. The summed E-state index contributed by atoms with van der Waals surface area (Å²) in [6.45, 7) is 1.13. The number of amides is 3. The molecule has 1 fully saturated rings. The van der Waals surface area contributed by atoms with Gasteiger partial charge in [-0.15, -0.1) is 0 Å². The number of likely N-dealkylation sites (tertiary alicyclic amines) is 1. The number of benzene rings is 2. The zero-order valence-corrected chi connectivity index (χ0v) is 17.8. The molecule has 2 aromatic carbocycles. The van der Waals surface area contributed by atoms with Gasteiger partial charge in [-0.2, -0.15) is 0 Å². The van der Waals surface area contributed by atoms with Crippen molar-refractivity contribution in [3.05, 3.63) is 59.5 Å². The summed E-state index contributed by atoms with van der Waals surface area (Å²) in [4.78, 5) is 39.5. The van der Waals surface area contributed by atoms with Crippen LogP contribution in [0.2, 0.25) is 0 Å². The first-order valence-electron chi connectivity index (χ1n) is 11.0. The van der Waals surface area contributed by atoms with E-state index in [9.17, 15) is 18.8 Å². The minimum atomic E-state index is -0.770. The fourth-order valence-corrected chi connectivity index (χ4v) is 4.57. The number of fused-ring (bicyclic) bond motifs is 2. The number of piperidine rings is 1. The maximum Gasteiger partial charge on any atom is 0.254 e. The third-order valence-electron chi connectivity index (χ3n) is 6.39. The second-order valence-corrected chi connectivity index (χ2v) is 8.46. The van der Waals surface area contributed by atoms with Crippen molar-refractivity contribution in [2.75, 3.05) is 18.4 Å². The highest BCUT2D eigenvalue weighted by Gasteiger charge is 2.30. The van der Waals surface area contributed by atoms with Crippen molar-refractivity contribution in [3.8, 4) is 0 Å². The number of para-hydroxylation sites is 1. The van der Waals surface area contributed by atoms with E-state index >= 15 is 0 Å². The van der Waals surface area contributed by atoms with Gasteiger partial charge < -0.3 is 20.1 Å². The molecule has 9 heteroatoms. The van der Waals surface area contributed by atoms with Gasteiger partial charge in [-0.25, -0.2) is 4.39 Å². The summed E-state index contributed by atoms with van der Waals surface area (Å²) >= 11 is 0. The zero-order chi connectivity index (χ0) is 22.9. The molecule has 1 saturated heterocycles. The van der Waals surface area contributed by atoms with Crippen molar-refractivity contribution in [2.45, 2.75) is 37.6 Å². The Hall–Kier alpha value is -3.75. The van der Waals surface area contributed by atoms with Crippen LogP contribution in [0.15, 0.2) is 47.0 Å². The second kappa shape index (κ2) is 8.65. The third-order valence-corrected chi connectivity index (χ3v) is 6.39. The van der Waals surface area contributed by atoms with Gasteiger partial charge in [0, 0.05) is 36.9 Å². The molecule has 3 amide bonds. The van der Waals surface area contributed by atoms with Crippen molar-refractivity contribution < 1.29 is 23.3 Å². The van der Waals surface area contributed by atoms with Gasteiger partial charge in [0.15, 0.2) is 5.58 Å². The van der Waals surface area contributed by atoms with Gasteiger partial charge in [0.05, 0.1) is 16.9 Å². The van der Waals surface area contributed by atoms with Gasteiger partial charge in [-0.3, -0.25) is 14.4 Å². The number of hydrogen-bond donors (Lipinski definition) is 2. The van der Waals surface area contributed by atoms with E-state index in [1.165, 1.54) is 12.1 Å². The molecule has 5 rings (SSSR count). The highest BCUT2D eigenvalue weighted by Crippen LogP contribution is 2.33. The molecular formula is C24H23FN4O4. The average molecular weight is 450 g/mol. The summed E-state index contributed by atoms with van der Waals surface area (Å²) in [6.07, 6.45) is 1.83. The normalized spacial score (nSPS) is 19.1. The Bertz CT molecular complexity index is 1230. The van der Waals surface area contributed by atoms with Crippen LogP contribution >= 0.6 is 0 Å². The van der Waals surface area contributed by atoms with Crippen LogP contribution < -0.4 is 10.6 Å². The molecule has 2 aliphatic rings. The molecule has 0 spiro atoms. The first-order valence-corrected chi connectivity index (χ1v) is 11.0. The molecule has 0 saturated carbocycles. The molecule has 170 valence electrons. The predicted molar refractivity (Wildman–Crippen MR) is 118 cm³/mol. The molecule has 3 aromatic rings. The van der Waals surface area contributed by atoms with Crippen LogP contribution in [-0.4, -0.2) is 46.9 Å². The molecule has 0 aliphatic carbocycles. The maximum atomic E-state index is 13.4. The van der Waals surface area contributed by atoms with E-state index in [2.05, 4.69) is 15.8 Å². The minimum absolute atomic E-state index is 0.0515. The number of anilines is 1. The lowest BCUT2D eigenvalue weighted by atomic mass is 9.91. The number of halogens is 1. The van der Waals surface area contributed by atoms with Gasteiger partial charge in [-0.05, 0) is 43.5 Å². The number of carbonyl (C=O) groups excluding carboxylic acids is 3. The quantitative estimate of drug-likeness (QED) is 0.635. The van der Waals surface area contributed by atoms with E-state index in [1.54, 1.807) is 35.2 Å². The molecule has 1 unspecified atom stereocenters. The number of nitrogens with zero attached hydrogens (tertiary/aromatic N) is 2. The lowest BCUT2D eigenvalue weighted by molar-refractivity contribution is -0.132. The summed E-state index contributed by atoms with van der Waals surface area (Å²) < 4.78 is 18.7. The summed E-state index contributed by atoms with van der Waals surface area (Å²) in [5.74, 6) is -0.945. The Morgan fingerprint density at radius 3 is 2.76 bits per heavy atom. The van der Waals surface area contributed by atoms with E-state index in [0.717, 1.165) is 23.9 Å². The lowest BCUT2D eigenvalue weighted by Crippen LogP contribution is -2.43. The topological polar surface area (TPSA) is 105 Å². The van der Waals surface area contributed by atoms with Crippen LogP contribution in [0.25, 0.3) is 11.0 Å². The standard InChI is InChI=1S/C24H23FN4O4/c25-15-5-6-17-20(13-15)33-28-22(17)14-9-11-29(12-10-14)21(30)8-7-19-24(32)26-18-4-2-1-3-16(18)23(31)27-19/h1-6,13-14,19H,7-12H2,(H,26,32)(H,27,31). The van der Waals surface area contributed by atoms with E-state index < -0.39 is 6.04 Å². The van der Waals surface area contributed by atoms with Crippen LogP contribution in [0.5, 0.6) is 0 Å². The SMILES string of the molecule is O=C1NC(CCC(=O)N2CCC(c3noc4cc(F)ccc34)CC2)C(=O)Nc2ccccc21. The number of hydrogen-bond acceptors (Lipinski definition) is 5. The number of carbonyl (C=O) groups is 3. The molecule has 1 atom stereocenters. The summed E-state index contributed by atoms with van der Waals surface area (Å²) in [5, 5.41) is 10.4. The molecule has 0 radical (unpaired) electrons. The van der Waals surface area contributed by atoms with Crippen LogP contribution in [0.3, 0.4) is 0 Å². The Kier molecular flexibility index (Phi) is 5.53.